The molecular formula is C22H26ClNO5. The SMILES string of the molecule is COCCCOc1cc2c(cc1Cl)-c1cc(=O)c(C(=O)O)cn1[C@H](C(C)(C)C)C2. The maximum absolute atomic E-state index is 12.4. The van der Waals surface area contributed by atoms with Crippen LogP contribution in [0.4, 0.5) is 0 Å². The van der Waals surface area contributed by atoms with Crippen LogP contribution in [0, 0.1) is 5.41 Å². The number of nitrogens with zero attached hydrogens (tertiary/aromatic N) is 1. The monoisotopic (exact) mass is 419 g/mol. The van der Waals surface area contributed by atoms with Gasteiger partial charge in [0.1, 0.15) is 11.3 Å². The number of pyridine rings is 1. The van der Waals surface area contributed by atoms with E-state index in [1.165, 1.54) is 12.3 Å². The Hall–Kier alpha value is -2.31. The molecule has 0 saturated carbocycles. The molecule has 6 nitrogen and oxygen atoms in total. The average Bonchev–Trinajstić information content (AvgIpc) is 2.63. The fraction of sp³-hybridized carbons (Fsp3) is 0.455. The van der Waals surface area contributed by atoms with Crippen molar-refractivity contribution in [1.29, 1.82) is 0 Å². The summed E-state index contributed by atoms with van der Waals surface area (Å²) in [5, 5.41) is 9.85. The second-order valence-corrected chi connectivity index (χ2v) is 8.78. The molecule has 1 aromatic carbocycles. The summed E-state index contributed by atoms with van der Waals surface area (Å²) in [4.78, 5) is 23.9. The van der Waals surface area contributed by atoms with Crippen molar-refractivity contribution in [3.05, 3.63) is 50.8 Å². The highest BCUT2D eigenvalue weighted by atomic mass is 35.5. The molecule has 2 heterocycles. The number of hydrogen-bond acceptors (Lipinski definition) is 4. The molecule has 0 aliphatic carbocycles. The normalized spacial score (nSPS) is 15.6. The van der Waals surface area contributed by atoms with Crippen LogP contribution in [0.25, 0.3) is 11.3 Å². The second kappa shape index (κ2) is 8.20. The fourth-order valence-corrected chi connectivity index (χ4v) is 3.93. The largest absolute Gasteiger partial charge is 0.492 e. The van der Waals surface area contributed by atoms with Crippen LogP contribution in [-0.2, 0) is 11.2 Å². The summed E-state index contributed by atoms with van der Waals surface area (Å²) in [5.41, 5.74) is 1.63. The van der Waals surface area contributed by atoms with Crippen molar-refractivity contribution in [2.75, 3.05) is 20.3 Å². The number of benzene rings is 1. The summed E-state index contributed by atoms with van der Waals surface area (Å²) >= 11 is 6.45. The van der Waals surface area contributed by atoms with Gasteiger partial charge < -0.3 is 19.1 Å². The molecule has 0 spiro atoms. The summed E-state index contributed by atoms with van der Waals surface area (Å²) in [5.74, 6) is -0.617. The third kappa shape index (κ3) is 4.33. The number of methoxy groups -OCH3 is 1. The van der Waals surface area contributed by atoms with Crippen LogP contribution in [0.5, 0.6) is 5.75 Å². The Morgan fingerprint density at radius 2 is 2.00 bits per heavy atom. The summed E-state index contributed by atoms with van der Waals surface area (Å²) in [6.45, 7) is 7.40. The number of rotatable bonds is 6. The average molecular weight is 420 g/mol. The zero-order valence-corrected chi connectivity index (χ0v) is 17.9. The molecule has 0 saturated heterocycles. The quantitative estimate of drug-likeness (QED) is 0.701. The molecule has 29 heavy (non-hydrogen) atoms. The predicted molar refractivity (Wildman–Crippen MR) is 112 cm³/mol. The van der Waals surface area contributed by atoms with Gasteiger partial charge in [0.05, 0.1) is 17.3 Å². The molecule has 1 aliphatic rings. The topological polar surface area (TPSA) is 77.8 Å². The van der Waals surface area contributed by atoms with Gasteiger partial charge in [0.15, 0.2) is 5.43 Å². The van der Waals surface area contributed by atoms with Gasteiger partial charge in [-0.15, -0.1) is 0 Å². The highest BCUT2D eigenvalue weighted by Gasteiger charge is 2.34. The molecule has 1 atom stereocenters. The summed E-state index contributed by atoms with van der Waals surface area (Å²) in [6.07, 6.45) is 2.89. The zero-order chi connectivity index (χ0) is 21.3. The number of aromatic nitrogens is 1. The number of halogens is 1. The van der Waals surface area contributed by atoms with Gasteiger partial charge in [0.25, 0.3) is 0 Å². The molecule has 156 valence electrons. The van der Waals surface area contributed by atoms with Crippen LogP contribution < -0.4 is 10.2 Å². The first-order valence-electron chi connectivity index (χ1n) is 9.57. The molecule has 2 aromatic rings. The standard InChI is InChI=1S/C22H26ClNO5/c1-22(2,3)20-9-13-8-19(29-7-5-6-28-4)16(23)10-14(13)17-11-18(25)15(21(26)27)12-24(17)20/h8,10-12,20H,5-7,9H2,1-4H3,(H,26,27)/t20-/m0/s1. The highest BCUT2D eigenvalue weighted by molar-refractivity contribution is 6.32. The molecule has 0 radical (unpaired) electrons. The van der Waals surface area contributed by atoms with Gasteiger partial charge in [0.2, 0.25) is 0 Å². The van der Waals surface area contributed by atoms with E-state index in [0.29, 0.717) is 36.1 Å². The van der Waals surface area contributed by atoms with Gasteiger partial charge in [-0.1, -0.05) is 32.4 Å². The predicted octanol–water partition coefficient (Wildman–Crippen LogP) is 4.43. The van der Waals surface area contributed by atoms with E-state index in [9.17, 15) is 14.7 Å². The Labute approximate surface area is 175 Å². The van der Waals surface area contributed by atoms with Crippen LogP contribution in [0.3, 0.4) is 0 Å². The van der Waals surface area contributed by atoms with Gasteiger partial charge >= 0.3 is 5.97 Å². The lowest BCUT2D eigenvalue weighted by Crippen LogP contribution is -2.32. The van der Waals surface area contributed by atoms with E-state index >= 15 is 0 Å². The number of carboxylic acid groups (broad SMARTS) is 1. The van der Waals surface area contributed by atoms with E-state index in [2.05, 4.69) is 20.8 Å². The highest BCUT2D eigenvalue weighted by Crippen LogP contribution is 2.44. The second-order valence-electron chi connectivity index (χ2n) is 8.37. The van der Waals surface area contributed by atoms with E-state index in [4.69, 9.17) is 21.1 Å². The summed E-state index contributed by atoms with van der Waals surface area (Å²) in [7, 11) is 1.65. The van der Waals surface area contributed by atoms with Gasteiger partial charge in [-0.3, -0.25) is 4.79 Å². The maximum atomic E-state index is 12.4. The minimum atomic E-state index is -1.22. The molecule has 7 heteroatoms. The van der Waals surface area contributed by atoms with Crippen molar-refractivity contribution in [1.82, 2.24) is 4.57 Å². The first-order valence-corrected chi connectivity index (χ1v) is 9.95. The first-order chi connectivity index (χ1) is 13.6. The Balaban J connectivity index is 2.11. The third-order valence-electron chi connectivity index (χ3n) is 5.24. The van der Waals surface area contributed by atoms with Gasteiger partial charge in [0, 0.05) is 44.0 Å². The Morgan fingerprint density at radius 3 is 2.62 bits per heavy atom. The molecule has 0 fully saturated rings. The van der Waals surface area contributed by atoms with E-state index in [0.717, 1.165) is 17.5 Å². The van der Waals surface area contributed by atoms with Gasteiger partial charge in [-0.05, 0) is 29.5 Å². The van der Waals surface area contributed by atoms with Crippen molar-refractivity contribution in [3.8, 4) is 17.0 Å². The lowest BCUT2D eigenvalue weighted by molar-refractivity contribution is 0.0693. The molecule has 1 aromatic heterocycles. The van der Waals surface area contributed by atoms with Crippen molar-refractivity contribution in [2.24, 2.45) is 5.41 Å². The van der Waals surface area contributed by atoms with Gasteiger partial charge in [-0.2, -0.15) is 0 Å². The van der Waals surface area contributed by atoms with E-state index in [-0.39, 0.29) is 17.0 Å². The van der Waals surface area contributed by atoms with Crippen molar-refractivity contribution in [2.45, 2.75) is 39.7 Å². The number of carbonyl (C=O) groups is 1. The van der Waals surface area contributed by atoms with Crippen molar-refractivity contribution >= 4 is 17.6 Å². The molecule has 1 N–H and O–H groups in total. The van der Waals surface area contributed by atoms with E-state index < -0.39 is 11.4 Å². The molecule has 0 bridgehead atoms. The Bertz CT molecular complexity index is 990. The fourth-order valence-electron chi connectivity index (χ4n) is 3.71. The minimum Gasteiger partial charge on any atom is -0.492 e. The summed E-state index contributed by atoms with van der Waals surface area (Å²) < 4.78 is 12.8. The molecule has 0 amide bonds. The smallest absolute Gasteiger partial charge is 0.341 e. The van der Waals surface area contributed by atoms with Crippen LogP contribution >= 0.6 is 11.6 Å². The molecular weight excluding hydrogens is 394 g/mol. The Morgan fingerprint density at radius 1 is 1.28 bits per heavy atom. The van der Waals surface area contributed by atoms with Gasteiger partial charge in [-0.25, -0.2) is 4.79 Å². The molecule has 0 unspecified atom stereocenters. The van der Waals surface area contributed by atoms with Crippen molar-refractivity contribution in [3.63, 3.8) is 0 Å². The van der Waals surface area contributed by atoms with Crippen LogP contribution in [0.15, 0.2) is 29.2 Å². The third-order valence-corrected chi connectivity index (χ3v) is 5.54. The molecule has 3 rings (SSSR count). The van der Waals surface area contributed by atoms with Crippen molar-refractivity contribution < 1.29 is 19.4 Å². The number of aromatic carboxylic acids is 1. The number of ether oxygens (including phenoxy) is 2. The van der Waals surface area contributed by atoms with Crippen LogP contribution in [-0.4, -0.2) is 36.0 Å². The lowest BCUT2D eigenvalue weighted by atomic mass is 9.79. The first kappa shape index (κ1) is 21.4. The minimum absolute atomic E-state index is 0.0220. The van der Waals surface area contributed by atoms with E-state index in [1.54, 1.807) is 13.2 Å². The lowest BCUT2D eigenvalue weighted by Gasteiger charge is -2.39. The number of carboxylic acids is 1. The van der Waals surface area contributed by atoms with E-state index in [1.807, 2.05) is 10.6 Å². The van der Waals surface area contributed by atoms with Crippen LogP contribution in [0.1, 0.15) is 49.2 Å². The number of hydrogen-bond donors (Lipinski definition) is 1. The maximum Gasteiger partial charge on any atom is 0.341 e. The Kier molecular flexibility index (Phi) is 6.05. The summed E-state index contributed by atoms with van der Waals surface area (Å²) in [6, 6.07) is 5.11. The zero-order valence-electron chi connectivity index (χ0n) is 17.1. The molecule has 1 aliphatic heterocycles. The number of fused-ring (bicyclic) bond motifs is 3. The van der Waals surface area contributed by atoms with Crippen LogP contribution in [0.2, 0.25) is 5.02 Å².